The van der Waals surface area contributed by atoms with Crippen molar-refractivity contribution in [2.75, 3.05) is 5.32 Å². The number of carboxylic acids is 1. The molecule has 0 aliphatic rings. The lowest BCUT2D eigenvalue weighted by molar-refractivity contribution is -0.131. The number of anilines is 1. The fourth-order valence-electron chi connectivity index (χ4n) is 1.48. The van der Waals surface area contributed by atoms with Crippen molar-refractivity contribution in [3.8, 4) is 0 Å². The van der Waals surface area contributed by atoms with E-state index in [1.807, 2.05) is 13.8 Å². The Morgan fingerprint density at radius 3 is 2.68 bits per heavy atom. The third-order valence-electron chi connectivity index (χ3n) is 2.28. The van der Waals surface area contributed by atoms with Crippen LogP contribution in [0.5, 0.6) is 0 Å². The van der Waals surface area contributed by atoms with Gasteiger partial charge in [0.1, 0.15) is 0 Å². The quantitative estimate of drug-likeness (QED) is 0.814. The summed E-state index contributed by atoms with van der Waals surface area (Å²) in [6.45, 7) is 3.95. The first kappa shape index (κ1) is 15.4. The number of carbonyl (C=O) groups excluding carboxylic acids is 1. The minimum atomic E-state index is -1.01. The fourth-order valence-corrected chi connectivity index (χ4v) is 1.83. The van der Waals surface area contributed by atoms with Gasteiger partial charge < -0.3 is 10.4 Å². The van der Waals surface area contributed by atoms with Crippen molar-refractivity contribution in [3.63, 3.8) is 0 Å². The van der Waals surface area contributed by atoms with Gasteiger partial charge in [-0.1, -0.05) is 19.9 Å². The second kappa shape index (κ2) is 7.09. The number of hydrogen-bond donors (Lipinski definition) is 2. The number of carboxylic acid groups (broad SMARTS) is 1. The highest BCUT2D eigenvalue weighted by Crippen LogP contribution is 2.24. The van der Waals surface area contributed by atoms with Gasteiger partial charge in [-0.05, 0) is 45.6 Å². The molecule has 1 rings (SSSR count). The predicted molar refractivity (Wildman–Crippen MR) is 78.9 cm³/mol. The largest absolute Gasteiger partial charge is 0.478 e. The van der Waals surface area contributed by atoms with Crippen LogP contribution in [0.3, 0.4) is 0 Å². The van der Waals surface area contributed by atoms with Gasteiger partial charge in [-0.15, -0.1) is 0 Å². The van der Waals surface area contributed by atoms with E-state index in [0.717, 1.165) is 10.5 Å². The van der Waals surface area contributed by atoms with Crippen molar-refractivity contribution in [1.29, 1.82) is 0 Å². The first-order chi connectivity index (χ1) is 8.88. The van der Waals surface area contributed by atoms with Gasteiger partial charge in [-0.3, -0.25) is 4.79 Å². The van der Waals surface area contributed by atoms with Crippen molar-refractivity contribution in [2.24, 2.45) is 5.92 Å². The van der Waals surface area contributed by atoms with E-state index >= 15 is 0 Å². The summed E-state index contributed by atoms with van der Waals surface area (Å²) < 4.78 is 0.761. The lowest BCUT2D eigenvalue weighted by atomic mass is 10.1. The first-order valence-electron chi connectivity index (χ1n) is 5.89. The summed E-state index contributed by atoms with van der Waals surface area (Å²) in [4.78, 5) is 22.2. The molecule has 4 nitrogen and oxygen atoms in total. The molecule has 19 heavy (non-hydrogen) atoms. The number of carbonyl (C=O) groups is 2. The molecule has 0 aliphatic carbocycles. The molecule has 2 N–H and O–H groups in total. The molecule has 1 amide bonds. The number of rotatable bonds is 5. The van der Waals surface area contributed by atoms with Gasteiger partial charge in [-0.2, -0.15) is 0 Å². The average molecular weight is 326 g/mol. The van der Waals surface area contributed by atoms with Crippen LogP contribution in [0, 0.1) is 5.92 Å². The molecule has 0 aliphatic heterocycles. The van der Waals surface area contributed by atoms with Gasteiger partial charge in [-0.25, -0.2) is 4.79 Å². The number of hydrogen-bond acceptors (Lipinski definition) is 2. The Bertz CT molecular complexity index is 509. The third kappa shape index (κ3) is 5.70. The summed E-state index contributed by atoms with van der Waals surface area (Å²) in [5, 5.41) is 11.4. The van der Waals surface area contributed by atoms with Crippen LogP contribution in [0.4, 0.5) is 5.69 Å². The molecule has 0 saturated heterocycles. The van der Waals surface area contributed by atoms with Crippen molar-refractivity contribution < 1.29 is 14.7 Å². The Morgan fingerprint density at radius 2 is 2.11 bits per heavy atom. The smallest absolute Gasteiger partial charge is 0.328 e. The molecule has 102 valence electrons. The Morgan fingerprint density at radius 1 is 1.42 bits per heavy atom. The Hall–Kier alpha value is -1.62. The van der Waals surface area contributed by atoms with E-state index in [1.165, 1.54) is 6.08 Å². The zero-order valence-corrected chi connectivity index (χ0v) is 12.4. The average Bonchev–Trinajstić information content (AvgIpc) is 2.29. The summed E-state index contributed by atoms with van der Waals surface area (Å²) in [6, 6.07) is 5.26. The predicted octanol–water partition coefficient (Wildman–Crippen LogP) is 3.53. The Labute approximate surface area is 120 Å². The van der Waals surface area contributed by atoms with Gasteiger partial charge in [0, 0.05) is 17.0 Å². The second-order valence-electron chi connectivity index (χ2n) is 4.56. The lowest BCUT2D eigenvalue weighted by Gasteiger charge is -2.09. The van der Waals surface area contributed by atoms with Crippen LogP contribution in [0.1, 0.15) is 25.8 Å². The highest BCUT2D eigenvalue weighted by atomic mass is 79.9. The monoisotopic (exact) mass is 325 g/mol. The van der Waals surface area contributed by atoms with Gasteiger partial charge >= 0.3 is 5.97 Å². The minimum absolute atomic E-state index is 0.0601. The molecule has 5 heteroatoms. The van der Waals surface area contributed by atoms with Crippen LogP contribution in [-0.4, -0.2) is 17.0 Å². The molecule has 0 unspecified atom stereocenters. The van der Waals surface area contributed by atoms with E-state index in [1.54, 1.807) is 18.2 Å². The Kier molecular flexibility index (Phi) is 5.76. The van der Waals surface area contributed by atoms with Gasteiger partial charge in [0.2, 0.25) is 5.91 Å². The highest BCUT2D eigenvalue weighted by Gasteiger charge is 2.08. The molecule has 0 heterocycles. The van der Waals surface area contributed by atoms with E-state index in [9.17, 15) is 9.59 Å². The van der Waals surface area contributed by atoms with E-state index in [-0.39, 0.29) is 11.8 Å². The van der Waals surface area contributed by atoms with Crippen LogP contribution in [-0.2, 0) is 9.59 Å². The molecule has 0 atom stereocenters. The van der Waals surface area contributed by atoms with Crippen molar-refractivity contribution in [1.82, 2.24) is 0 Å². The molecular weight excluding hydrogens is 310 g/mol. The van der Waals surface area contributed by atoms with Crippen molar-refractivity contribution in [3.05, 3.63) is 34.3 Å². The molecule has 1 aromatic carbocycles. The van der Waals surface area contributed by atoms with Gasteiger partial charge in [0.25, 0.3) is 0 Å². The maximum Gasteiger partial charge on any atom is 0.328 e. The number of nitrogens with one attached hydrogen (secondary N) is 1. The first-order valence-corrected chi connectivity index (χ1v) is 6.68. The van der Waals surface area contributed by atoms with E-state index < -0.39 is 5.97 Å². The van der Waals surface area contributed by atoms with E-state index in [0.29, 0.717) is 17.7 Å². The zero-order chi connectivity index (χ0) is 14.4. The zero-order valence-electron chi connectivity index (χ0n) is 10.8. The molecule has 0 spiro atoms. The molecule has 0 bridgehead atoms. The Balaban J connectivity index is 2.85. The van der Waals surface area contributed by atoms with Crippen LogP contribution in [0.25, 0.3) is 6.08 Å². The van der Waals surface area contributed by atoms with Crippen LogP contribution < -0.4 is 5.32 Å². The minimum Gasteiger partial charge on any atom is -0.478 e. The standard InChI is InChI=1S/C14H16BrNO3/c1-9(2)7-13(17)16-12-8-10(3-5-11(12)15)4-6-14(18)19/h3-6,8-9H,7H2,1-2H3,(H,16,17)(H,18,19)/b6-4+. The molecule has 1 aromatic rings. The van der Waals surface area contributed by atoms with Crippen molar-refractivity contribution >= 4 is 39.6 Å². The fraction of sp³-hybridized carbons (Fsp3) is 0.286. The number of amides is 1. The lowest BCUT2D eigenvalue weighted by Crippen LogP contribution is -2.14. The van der Waals surface area contributed by atoms with Crippen LogP contribution in [0.2, 0.25) is 0 Å². The number of benzene rings is 1. The van der Waals surface area contributed by atoms with Gasteiger partial charge in [0.05, 0.1) is 5.69 Å². The second-order valence-corrected chi connectivity index (χ2v) is 5.41. The molecule has 0 fully saturated rings. The maximum absolute atomic E-state index is 11.7. The van der Waals surface area contributed by atoms with Gasteiger partial charge in [0.15, 0.2) is 0 Å². The van der Waals surface area contributed by atoms with E-state index in [2.05, 4.69) is 21.2 Å². The molecular formula is C14H16BrNO3. The number of halogens is 1. The summed E-state index contributed by atoms with van der Waals surface area (Å²) in [6.07, 6.45) is 2.98. The molecule has 0 saturated carbocycles. The topological polar surface area (TPSA) is 66.4 Å². The summed E-state index contributed by atoms with van der Waals surface area (Å²) in [5.74, 6) is -0.780. The highest BCUT2D eigenvalue weighted by molar-refractivity contribution is 9.10. The third-order valence-corrected chi connectivity index (χ3v) is 2.97. The summed E-state index contributed by atoms with van der Waals surface area (Å²) >= 11 is 3.35. The number of aliphatic carboxylic acids is 1. The van der Waals surface area contributed by atoms with Crippen LogP contribution in [0.15, 0.2) is 28.7 Å². The molecule has 0 radical (unpaired) electrons. The van der Waals surface area contributed by atoms with Crippen molar-refractivity contribution in [2.45, 2.75) is 20.3 Å². The maximum atomic E-state index is 11.7. The van der Waals surface area contributed by atoms with E-state index in [4.69, 9.17) is 5.11 Å². The van der Waals surface area contributed by atoms with Crippen LogP contribution >= 0.6 is 15.9 Å². The normalized spacial score (nSPS) is 10.9. The summed E-state index contributed by atoms with van der Waals surface area (Å²) in [7, 11) is 0. The molecule has 0 aromatic heterocycles. The summed E-state index contributed by atoms with van der Waals surface area (Å²) in [5.41, 5.74) is 1.35. The SMILES string of the molecule is CC(C)CC(=O)Nc1cc(/C=C/C(=O)O)ccc1Br.